The molecule has 138 valence electrons. The normalized spacial score (nSPS) is 15.0. The predicted molar refractivity (Wildman–Crippen MR) is 97.0 cm³/mol. The van der Waals surface area contributed by atoms with Gasteiger partial charge in [-0.3, -0.25) is 9.59 Å². The molecule has 0 atom stereocenters. The number of esters is 1. The van der Waals surface area contributed by atoms with Crippen molar-refractivity contribution in [3.63, 3.8) is 0 Å². The van der Waals surface area contributed by atoms with E-state index in [0.717, 1.165) is 25.7 Å². The lowest BCUT2D eigenvalue weighted by atomic mass is 9.95. The first-order valence-corrected chi connectivity index (χ1v) is 9.06. The maximum absolute atomic E-state index is 12.5. The Kier molecular flexibility index (Phi) is 5.65. The number of aryl methyl sites for hydroxylation is 1. The molecule has 1 aromatic carbocycles. The molecule has 0 bridgehead atoms. The summed E-state index contributed by atoms with van der Waals surface area (Å²) in [7, 11) is 0. The number of ether oxygens (including phenoxy) is 1. The van der Waals surface area contributed by atoms with E-state index in [1.54, 1.807) is 31.2 Å². The number of nitrogens with one attached hydrogen (secondary N) is 1. The number of nitrogens with zero attached hydrogens (tertiary/aromatic N) is 2. The van der Waals surface area contributed by atoms with E-state index < -0.39 is 5.97 Å². The van der Waals surface area contributed by atoms with Crippen molar-refractivity contribution in [2.24, 2.45) is 0 Å². The second kappa shape index (κ2) is 8.12. The van der Waals surface area contributed by atoms with E-state index in [2.05, 4.69) is 10.4 Å². The minimum atomic E-state index is -0.706. The third-order valence-electron chi connectivity index (χ3n) is 4.67. The van der Waals surface area contributed by atoms with Crippen molar-refractivity contribution in [1.29, 1.82) is 0 Å². The Morgan fingerprint density at radius 2 is 1.88 bits per heavy atom. The number of carbonyl (C=O) groups is 2. The Labute approximate surface area is 151 Å². The molecule has 7 heteroatoms. The highest BCUT2D eigenvalue weighted by atomic mass is 16.5. The first-order valence-electron chi connectivity index (χ1n) is 9.06. The molecule has 0 aliphatic heterocycles. The van der Waals surface area contributed by atoms with Crippen LogP contribution < -0.4 is 10.9 Å². The summed E-state index contributed by atoms with van der Waals surface area (Å²) in [6.45, 7) is 1.76. The Morgan fingerprint density at radius 1 is 1.19 bits per heavy atom. The highest BCUT2D eigenvalue weighted by Crippen LogP contribution is 2.17. The molecule has 26 heavy (non-hydrogen) atoms. The van der Waals surface area contributed by atoms with Gasteiger partial charge in [0.2, 0.25) is 0 Å². The number of benzene rings is 1. The van der Waals surface area contributed by atoms with Crippen LogP contribution in [0.15, 0.2) is 29.1 Å². The molecule has 1 aliphatic carbocycles. The van der Waals surface area contributed by atoms with Crippen LogP contribution in [0.1, 0.15) is 49.5 Å². The van der Waals surface area contributed by atoms with E-state index in [-0.39, 0.29) is 29.8 Å². The van der Waals surface area contributed by atoms with Crippen molar-refractivity contribution in [2.75, 3.05) is 6.61 Å². The van der Waals surface area contributed by atoms with Gasteiger partial charge in [0.25, 0.3) is 11.5 Å². The van der Waals surface area contributed by atoms with Gasteiger partial charge in [-0.15, -0.1) is 0 Å². The van der Waals surface area contributed by atoms with Crippen LogP contribution in [-0.4, -0.2) is 34.3 Å². The van der Waals surface area contributed by atoms with Crippen LogP contribution in [0, 0.1) is 0 Å². The second-order valence-corrected chi connectivity index (χ2v) is 6.49. The number of aromatic nitrogens is 2. The standard InChI is InChI=1S/C19H23N3O4/c1-2-22-18(24)15-11-7-6-10-14(15)17(21-22)19(25)26-12-16(23)20-13-8-4-3-5-9-13/h6-7,10-11,13H,2-5,8-9,12H2,1H3,(H,20,23). The molecule has 1 aliphatic rings. The van der Waals surface area contributed by atoms with Gasteiger partial charge in [0.15, 0.2) is 12.3 Å². The Balaban J connectivity index is 1.72. The van der Waals surface area contributed by atoms with Gasteiger partial charge in [-0.2, -0.15) is 5.10 Å². The summed E-state index contributed by atoms with van der Waals surface area (Å²) in [6, 6.07) is 6.93. The fourth-order valence-electron chi connectivity index (χ4n) is 3.32. The van der Waals surface area contributed by atoms with Gasteiger partial charge in [0, 0.05) is 18.0 Å². The van der Waals surface area contributed by atoms with Crippen LogP contribution >= 0.6 is 0 Å². The maximum atomic E-state index is 12.5. The van der Waals surface area contributed by atoms with E-state index in [4.69, 9.17) is 4.74 Å². The van der Waals surface area contributed by atoms with Gasteiger partial charge in [0.05, 0.1) is 5.39 Å². The van der Waals surface area contributed by atoms with Crippen molar-refractivity contribution in [2.45, 2.75) is 51.6 Å². The molecule has 0 radical (unpaired) electrons. The summed E-state index contributed by atoms with van der Waals surface area (Å²) in [5, 5.41) is 7.85. The minimum absolute atomic E-state index is 0.0486. The molecule has 3 rings (SSSR count). The topological polar surface area (TPSA) is 90.3 Å². The van der Waals surface area contributed by atoms with Gasteiger partial charge in [-0.25, -0.2) is 9.48 Å². The third-order valence-corrected chi connectivity index (χ3v) is 4.67. The Bertz CT molecular complexity index is 869. The molecule has 1 aromatic heterocycles. The molecule has 0 unspecified atom stereocenters. The summed E-state index contributed by atoms with van der Waals surface area (Å²) in [6.07, 6.45) is 5.35. The smallest absolute Gasteiger partial charge is 0.359 e. The third kappa shape index (κ3) is 3.92. The zero-order valence-electron chi connectivity index (χ0n) is 14.9. The minimum Gasteiger partial charge on any atom is -0.451 e. The molecule has 1 saturated carbocycles. The summed E-state index contributed by atoms with van der Waals surface area (Å²) in [4.78, 5) is 36.8. The van der Waals surface area contributed by atoms with E-state index >= 15 is 0 Å². The molecule has 1 fully saturated rings. The van der Waals surface area contributed by atoms with Gasteiger partial charge >= 0.3 is 5.97 Å². The molecule has 7 nitrogen and oxygen atoms in total. The predicted octanol–water partition coefficient (Wildman–Crippen LogP) is 2.02. The second-order valence-electron chi connectivity index (χ2n) is 6.49. The van der Waals surface area contributed by atoms with Crippen molar-refractivity contribution in [3.8, 4) is 0 Å². The average Bonchev–Trinajstić information content (AvgIpc) is 2.67. The van der Waals surface area contributed by atoms with Crippen LogP contribution in [-0.2, 0) is 16.1 Å². The first kappa shape index (κ1) is 18.1. The zero-order valence-corrected chi connectivity index (χ0v) is 14.9. The van der Waals surface area contributed by atoms with Crippen LogP contribution in [0.4, 0.5) is 0 Å². The van der Waals surface area contributed by atoms with Crippen molar-refractivity contribution in [3.05, 3.63) is 40.3 Å². The lowest BCUT2D eigenvalue weighted by molar-refractivity contribution is -0.125. The maximum Gasteiger partial charge on any atom is 0.359 e. The average molecular weight is 357 g/mol. The number of hydrogen-bond donors (Lipinski definition) is 1. The first-order chi connectivity index (χ1) is 12.6. The van der Waals surface area contributed by atoms with Crippen LogP contribution in [0.2, 0.25) is 0 Å². The highest BCUT2D eigenvalue weighted by Gasteiger charge is 2.20. The van der Waals surface area contributed by atoms with Crippen molar-refractivity contribution >= 4 is 22.6 Å². The molecule has 0 spiro atoms. The molecule has 0 saturated heterocycles. The SMILES string of the molecule is CCn1nc(C(=O)OCC(=O)NC2CCCCC2)c2ccccc2c1=O. The summed E-state index contributed by atoms with van der Waals surface area (Å²) in [5.41, 5.74) is -0.206. The van der Waals surface area contributed by atoms with Gasteiger partial charge in [0.1, 0.15) is 0 Å². The van der Waals surface area contributed by atoms with E-state index in [1.807, 2.05) is 0 Å². The summed E-state index contributed by atoms with van der Waals surface area (Å²) in [5.74, 6) is -1.01. The van der Waals surface area contributed by atoms with E-state index in [1.165, 1.54) is 11.1 Å². The fourth-order valence-corrected chi connectivity index (χ4v) is 3.32. The quantitative estimate of drug-likeness (QED) is 0.827. The zero-order chi connectivity index (χ0) is 18.5. The van der Waals surface area contributed by atoms with Gasteiger partial charge < -0.3 is 10.1 Å². The summed E-state index contributed by atoms with van der Waals surface area (Å²) < 4.78 is 6.37. The molecule has 1 N–H and O–H groups in total. The largest absolute Gasteiger partial charge is 0.451 e. The fraction of sp³-hybridized carbons (Fsp3) is 0.474. The molecular weight excluding hydrogens is 334 g/mol. The van der Waals surface area contributed by atoms with E-state index in [9.17, 15) is 14.4 Å². The monoisotopic (exact) mass is 357 g/mol. The van der Waals surface area contributed by atoms with Crippen LogP contribution in [0.3, 0.4) is 0 Å². The Morgan fingerprint density at radius 3 is 2.58 bits per heavy atom. The van der Waals surface area contributed by atoms with Crippen molar-refractivity contribution in [1.82, 2.24) is 15.1 Å². The number of hydrogen-bond acceptors (Lipinski definition) is 5. The van der Waals surface area contributed by atoms with Gasteiger partial charge in [-0.05, 0) is 25.8 Å². The van der Waals surface area contributed by atoms with Gasteiger partial charge in [-0.1, -0.05) is 37.5 Å². The van der Waals surface area contributed by atoms with Crippen LogP contribution in [0.5, 0.6) is 0 Å². The highest BCUT2D eigenvalue weighted by molar-refractivity contribution is 6.02. The molecule has 2 aromatic rings. The number of carbonyl (C=O) groups excluding carboxylic acids is 2. The molecule has 1 amide bonds. The van der Waals surface area contributed by atoms with Crippen molar-refractivity contribution < 1.29 is 14.3 Å². The lowest BCUT2D eigenvalue weighted by Crippen LogP contribution is -2.38. The lowest BCUT2D eigenvalue weighted by Gasteiger charge is -2.22. The number of fused-ring (bicyclic) bond motifs is 1. The molecular formula is C19H23N3O4. The number of rotatable bonds is 5. The Hall–Kier alpha value is -2.70. The molecule has 1 heterocycles. The summed E-state index contributed by atoms with van der Waals surface area (Å²) >= 11 is 0. The van der Waals surface area contributed by atoms with Crippen LogP contribution in [0.25, 0.3) is 10.8 Å². The van der Waals surface area contributed by atoms with E-state index in [0.29, 0.717) is 17.3 Å². The number of amides is 1.